The van der Waals surface area contributed by atoms with Crippen LogP contribution in [0.4, 0.5) is 0 Å². The SMILES string of the molecule is N#Cc1c(Cl)cccc1Sc1nc2ccccc2s1. The van der Waals surface area contributed by atoms with Crippen LogP contribution in [-0.2, 0) is 0 Å². The molecule has 0 radical (unpaired) electrons. The molecule has 3 aromatic rings. The first-order valence-electron chi connectivity index (χ1n) is 5.50. The van der Waals surface area contributed by atoms with Gasteiger partial charge >= 0.3 is 0 Å². The van der Waals surface area contributed by atoms with Gasteiger partial charge in [0.05, 0.1) is 20.8 Å². The van der Waals surface area contributed by atoms with E-state index >= 15 is 0 Å². The summed E-state index contributed by atoms with van der Waals surface area (Å²) in [6.07, 6.45) is 0. The predicted octanol–water partition coefficient (Wildman–Crippen LogP) is 4.97. The highest BCUT2D eigenvalue weighted by Crippen LogP contribution is 2.37. The standard InChI is InChI=1S/C14H7ClN2S2/c15-10-4-3-7-12(9(10)8-16)18-14-17-11-5-1-2-6-13(11)19-14/h1-7H. The van der Waals surface area contributed by atoms with Gasteiger partial charge in [-0.15, -0.1) is 11.3 Å². The zero-order valence-electron chi connectivity index (χ0n) is 9.63. The number of hydrogen-bond donors (Lipinski definition) is 0. The molecule has 5 heteroatoms. The average Bonchev–Trinajstić information content (AvgIpc) is 2.81. The van der Waals surface area contributed by atoms with E-state index in [0.717, 1.165) is 19.5 Å². The maximum atomic E-state index is 9.15. The second-order valence-electron chi connectivity index (χ2n) is 3.77. The van der Waals surface area contributed by atoms with Crippen LogP contribution in [0.25, 0.3) is 10.2 Å². The molecule has 0 atom stereocenters. The molecular weight excluding hydrogens is 296 g/mol. The van der Waals surface area contributed by atoms with Crippen LogP contribution in [0.2, 0.25) is 5.02 Å². The van der Waals surface area contributed by atoms with Crippen molar-refractivity contribution in [2.75, 3.05) is 0 Å². The fourth-order valence-electron chi connectivity index (χ4n) is 1.69. The smallest absolute Gasteiger partial charge is 0.155 e. The number of nitrogens with zero attached hydrogens (tertiary/aromatic N) is 2. The lowest BCUT2D eigenvalue weighted by Crippen LogP contribution is -1.82. The number of nitriles is 1. The van der Waals surface area contributed by atoms with Crippen LogP contribution in [0, 0.1) is 11.3 Å². The molecule has 3 rings (SSSR count). The van der Waals surface area contributed by atoms with Crippen LogP contribution in [0.5, 0.6) is 0 Å². The molecule has 0 saturated carbocycles. The maximum absolute atomic E-state index is 9.15. The lowest BCUT2D eigenvalue weighted by molar-refractivity contribution is 1.28. The van der Waals surface area contributed by atoms with Crippen molar-refractivity contribution in [3.05, 3.63) is 53.1 Å². The lowest BCUT2D eigenvalue weighted by Gasteiger charge is -2.01. The number of hydrogen-bond acceptors (Lipinski definition) is 4. The molecule has 0 aliphatic rings. The van der Waals surface area contributed by atoms with E-state index < -0.39 is 0 Å². The molecule has 1 heterocycles. The summed E-state index contributed by atoms with van der Waals surface area (Å²) in [7, 11) is 0. The normalized spacial score (nSPS) is 10.5. The quantitative estimate of drug-likeness (QED) is 0.670. The van der Waals surface area contributed by atoms with Crippen LogP contribution in [0.1, 0.15) is 5.56 Å². The minimum Gasteiger partial charge on any atom is -0.229 e. The molecule has 0 bridgehead atoms. The minimum absolute atomic E-state index is 0.480. The van der Waals surface area contributed by atoms with Gasteiger partial charge in [0.2, 0.25) is 0 Å². The molecule has 0 amide bonds. The summed E-state index contributed by atoms with van der Waals surface area (Å²) in [4.78, 5) is 5.38. The van der Waals surface area contributed by atoms with Gasteiger partial charge < -0.3 is 0 Å². The highest BCUT2D eigenvalue weighted by Gasteiger charge is 2.10. The fourth-order valence-corrected chi connectivity index (χ4v) is 4.10. The van der Waals surface area contributed by atoms with Crippen molar-refractivity contribution < 1.29 is 0 Å². The highest BCUT2D eigenvalue weighted by molar-refractivity contribution is 8.01. The zero-order valence-corrected chi connectivity index (χ0v) is 12.0. The Bertz CT molecular complexity index is 756. The Morgan fingerprint density at radius 3 is 2.79 bits per heavy atom. The van der Waals surface area contributed by atoms with Gasteiger partial charge in [0.15, 0.2) is 4.34 Å². The van der Waals surface area contributed by atoms with E-state index in [-0.39, 0.29) is 0 Å². The highest BCUT2D eigenvalue weighted by atomic mass is 35.5. The molecule has 19 heavy (non-hydrogen) atoms. The number of rotatable bonds is 2. The molecule has 1 aromatic heterocycles. The van der Waals surface area contributed by atoms with Gasteiger partial charge in [0, 0.05) is 4.90 Å². The first-order valence-corrected chi connectivity index (χ1v) is 7.51. The summed E-state index contributed by atoms with van der Waals surface area (Å²) in [5.41, 5.74) is 1.49. The fraction of sp³-hybridized carbons (Fsp3) is 0. The Hall–Kier alpha value is -1.54. The molecule has 0 unspecified atom stereocenters. The van der Waals surface area contributed by atoms with Crippen LogP contribution in [-0.4, -0.2) is 4.98 Å². The van der Waals surface area contributed by atoms with Gasteiger partial charge in [-0.2, -0.15) is 5.26 Å². The van der Waals surface area contributed by atoms with E-state index in [0.29, 0.717) is 10.6 Å². The second-order valence-corrected chi connectivity index (χ2v) is 6.50. The number of thiazole rings is 1. The Morgan fingerprint density at radius 1 is 1.16 bits per heavy atom. The number of fused-ring (bicyclic) bond motifs is 1. The van der Waals surface area contributed by atoms with Crippen molar-refractivity contribution >= 4 is 44.9 Å². The van der Waals surface area contributed by atoms with Gasteiger partial charge in [-0.3, -0.25) is 0 Å². The summed E-state index contributed by atoms with van der Waals surface area (Å²) < 4.78 is 2.06. The summed E-state index contributed by atoms with van der Waals surface area (Å²) in [5.74, 6) is 0. The summed E-state index contributed by atoms with van der Waals surface area (Å²) in [5, 5.41) is 9.63. The molecule has 0 fully saturated rings. The van der Waals surface area contributed by atoms with Gasteiger partial charge in [-0.25, -0.2) is 4.98 Å². The molecule has 92 valence electrons. The van der Waals surface area contributed by atoms with Crippen molar-refractivity contribution in [3.63, 3.8) is 0 Å². The number of halogens is 1. The predicted molar refractivity (Wildman–Crippen MR) is 79.9 cm³/mol. The van der Waals surface area contributed by atoms with Crippen LogP contribution < -0.4 is 0 Å². The average molecular weight is 303 g/mol. The third-order valence-corrected chi connectivity index (χ3v) is 5.03. The number of benzene rings is 2. The van der Waals surface area contributed by atoms with Crippen molar-refractivity contribution in [3.8, 4) is 6.07 Å². The number of para-hydroxylation sites is 1. The largest absolute Gasteiger partial charge is 0.229 e. The molecule has 0 saturated heterocycles. The van der Waals surface area contributed by atoms with E-state index in [9.17, 15) is 0 Å². The topological polar surface area (TPSA) is 36.7 Å². The minimum atomic E-state index is 0.480. The molecule has 0 N–H and O–H groups in total. The molecule has 2 nitrogen and oxygen atoms in total. The first-order chi connectivity index (χ1) is 9.28. The third-order valence-electron chi connectivity index (χ3n) is 2.56. The van der Waals surface area contributed by atoms with Crippen molar-refractivity contribution in [2.24, 2.45) is 0 Å². The lowest BCUT2D eigenvalue weighted by atomic mass is 10.2. The van der Waals surface area contributed by atoms with E-state index in [1.165, 1.54) is 11.8 Å². The summed E-state index contributed by atoms with van der Waals surface area (Å²) in [6, 6.07) is 15.6. The second kappa shape index (κ2) is 5.22. The van der Waals surface area contributed by atoms with Gasteiger partial charge in [0.1, 0.15) is 6.07 Å². The van der Waals surface area contributed by atoms with Crippen molar-refractivity contribution in [1.82, 2.24) is 4.98 Å². The van der Waals surface area contributed by atoms with E-state index in [2.05, 4.69) is 11.1 Å². The van der Waals surface area contributed by atoms with Crippen LogP contribution >= 0.6 is 34.7 Å². The van der Waals surface area contributed by atoms with Crippen LogP contribution in [0.15, 0.2) is 51.7 Å². The van der Waals surface area contributed by atoms with Crippen molar-refractivity contribution in [1.29, 1.82) is 5.26 Å². The third kappa shape index (κ3) is 2.45. The van der Waals surface area contributed by atoms with E-state index in [1.807, 2.05) is 36.4 Å². The van der Waals surface area contributed by atoms with Crippen molar-refractivity contribution in [2.45, 2.75) is 9.24 Å². The van der Waals surface area contributed by atoms with Crippen LogP contribution in [0.3, 0.4) is 0 Å². The number of aromatic nitrogens is 1. The maximum Gasteiger partial charge on any atom is 0.155 e. The molecule has 0 aliphatic heterocycles. The van der Waals surface area contributed by atoms with E-state index in [4.69, 9.17) is 16.9 Å². The molecule has 2 aromatic carbocycles. The summed E-state index contributed by atoms with van der Waals surface area (Å²) in [6.45, 7) is 0. The molecule has 0 aliphatic carbocycles. The van der Waals surface area contributed by atoms with Gasteiger partial charge in [-0.1, -0.05) is 41.6 Å². The Kier molecular flexibility index (Phi) is 3.43. The Balaban J connectivity index is 2.02. The molecule has 0 spiro atoms. The first kappa shape index (κ1) is 12.5. The van der Waals surface area contributed by atoms with Gasteiger partial charge in [-0.05, 0) is 24.3 Å². The Morgan fingerprint density at radius 2 is 2.00 bits per heavy atom. The Labute approximate surface area is 123 Å². The molecular formula is C14H7ClN2S2. The zero-order chi connectivity index (χ0) is 13.2. The van der Waals surface area contributed by atoms with E-state index in [1.54, 1.807) is 17.4 Å². The summed E-state index contributed by atoms with van der Waals surface area (Å²) >= 11 is 9.12. The monoisotopic (exact) mass is 302 g/mol. The van der Waals surface area contributed by atoms with Gasteiger partial charge in [0.25, 0.3) is 0 Å².